The summed E-state index contributed by atoms with van der Waals surface area (Å²) in [6.07, 6.45) is 4.38. The average molecular weight is 205 g/mol. The van der Waals surface area contributed by atoms with E-state index in [1.807, 2.05) is 12.3 Å². The van der Waals surface area contributed by atoms with Crippen LogP contribution in [0.25, 0.3) is 0 Å². The van der Waals surface area contributed by atoms with Gasteiger partial charge < -0.3 is 5.32 Å². The van der Waals surface area contributed by atoms with Crippen LogP contribution < -0.4 is 5.32 Å². The van der Waals surface area contributed by atoms with Gasteiger partial charge in [0.2, 0.25) is 0 Å². The Morgan fingerprint density at radius 2 is 2.20 bits per heavy atom. The topological polar surface area (TPSA) is 28.2 Å². The third kappa shape index (κ3) is 3.01. The Labute approximate surface area is 91.5 Å². The van der Waals surface area contributed by atoms with Crippen LogP contribution in [-0.4, -0.2) is 36.1 Å². The average Bonchev–Trinajstić information content (AvgIpc) is 2.31. The summed E-state index contributed by atoms with van der Waals surface area (Å²) in [6.45, 7) is 3.36. The molecule has 1 aromatic heterocycles. The molecule has 0 unspecified atom stereocenters. The third-order valence-electron chi connectivity index (χ3n) is 3.11. The number of nitrogens with zero attached hydrogens (tertiary/aromatic N) is 2. The molecule has 1 aliphatic rings. The van der Waals surface area contributed by atoms with Gasteiger partial charge in [-0.2, -0.15) is 0 Å². The molecule has 0 saturated carbocycles. The Hall–Kier alpha value is -0.930. The van der Waals surface area contributed by atoms with E-state index >= 15 is 0 Å². The zero-order chi connectivity index (χ0) is 10.5. The first-order valence-corrected chi connectivity index (χ1v) is 5.68. The molecule has 3 heteroatoms. The van der Waals surface area contributed by atoms with Crippen molar-refractivity contribution in [3.63, 3.8) is 0 Å². The summed E-state index contributed by atoms with van der Waals surface area (Å²) in [6, 6.07) is 6.84. The summed E-state index contributed by atoms with van der Waals surface area (Å²) >= 11 is 0. The summed E-state index contributed by atoms with van der Waals surface area (Å²) in [5.74, 6) is 0. The second-order valence-electron chi connectivity index (χ2n) is 4.16. The summed E-state index contributed by atoms with van der Waals surface area (Å²) in [4.78, 5) is 6.84. The van der Waals surface area contributed by atoms with Crippen molar-refractivity contribution in [2.45, 2.75) is 25.4 Å². The Morgan fingerprint density at radius 3 is 2.80 bits per heavy atom. The van der Waals surface area contributed by atoms with E-state index < -0.39 is 0 Å². The Bertz CT molecular complexity index is 278. The molecule has 0 amide bonds. The molecule has 0 radical (unpaired) electrons. The van der Waals surface area contributed by atoms with E-state index in [0.717, 1.165) is 6.54 Å². The number of piperidine rings is 1. The Kier molecular flexibility index (Phi) is 3.69. The molecule has 1 aromatic rings. The van der Waals surface area contributed by atoms with E-state index in [1.165, 1.54) is 31.6 Å². The Balaban J connectivity index is 1.82. The minimum Gasteiger partial charge on any atom is -0.317 e. The standard InChI is InChI=1S/C12H19N3/c1-13-11-5-8-15(9-6-11)10-12-4-2-3-7-14-12/h2-4,7,11,13H,5-6,8-10H2,1H3. The number of aromatic nitrogens is 1. The van der Waals surface area contributed by atoms with Gasteiger partial charge in [-0.15, -0.1) is 0 Å². The van der Waals surface area contributed by atoms with E-state index in [2.05, 4.69) is 34.4 Å². The normalized spacial score (nSPS) is 19.3. The number of hydrogen-bond acceptors (Lipinski definition) is 3. The van der Waals surface area contributed by atoms with Crippen molar-refractivity contribution in [3.8, 4) is 0 Å². The number of pyridine rings is 1. The summed E-state index contributed by atoms with van der Waals surface area (Å²) in [5.41, 5.74) is 1.18. The lowest BCUT2D eigenvalue weighted by molar-refractivity contribution is 0.192. The highest BCUT2D eigenvalue weighted by Crippen LogP contribution is 2.12. The molecule has 82 valence electrons. The largest absolute Gasteiger partial charge is 0.317 e. The van der Waals surface area contributed by atoms with Gasteiger partial charge in [-0.3, -0.25) is 9.88 Å². The van der Waals surface area contributed by atoms with E-state index in [-0.39, 0.29) is 0 Å². The fraction of sp³-hybridized carbons (Fsp3) is 0.583. The van der Waals surface area contributed by atoms with Crippen LogP contribution in [-0.2, 0) is 6.54 Å². The molecule has 15 heavy (non-hydrogen) atoms. The van der Waals surface area contributed by atoms with Gasteiger partial charge >= 0.3 is 0 Å². The van der Waals surface area contributed by atoms with Gasteiger partial charge in [0.05, 0.1) is 5.69 Å². The maximum Gasteiger partial charge on any atom is 0.0543 e. The van der Waals surface area contributed by atoms with Gasteiger partial charge in [0.15, 0.2) is 0 Å². The monoisotopic (exact) mass is 205 g/mol. The highest BCUT2D eigenvalue weighted by molar-refractivity contribution is 5.03. The number of nitrogens with one attached hydrogen (secondary N) is 1. The van der Waals surface area contributed by atoms with Crippen molar-refractivity contribution in [2.75, 3.05) is 20.1 Å². The van der Waals surface area contributed by atoms with Crippen LogP contribution in [0.3, 0.4) is 0 Å². The van der Waals surface area contributed by atoms with Crippen molar-refractivity contribution < 1.29 is 0 Å². The molecule has 3 nitrogen and oxygen atoms in total. The van der Waals surface area contributed by atoms with E-state index in [0.29, 0.717) is 6.04 Å². The lowest BCUT2D eigenvalue weighted by Gasteiger charge is -2.31. The second-order valence-corrected chi connectivity index (χ2v) is 4.16. The maximum absolute atomic E-state index is 4.35. The van der Waals surface area contributed by atoms with Gasteiger partial charge in [0.25, 0.3) is 0 Å². The molecule has 2 heterocycles. The van der Waals surface area contributed by atoms with Gasteiger partial charge in [0, 0.05) is 31.9 Å². The van der Waals surface area contributed by atoms with Crippen LogP contribution in [0, 0.1) is 0 Å². The van der Waals surface area contributed by atoms with E-state index in [1.54, 1.807) is 0 Å². The van der Waals surface area contributed by atoms with Crippen LogP contribution in [0.1, 0.15) is 18.5 Å². The molecule has 0 aromatic carbocycles. The highest BCUT2D eigenvalue weighted by atomic mass is 15.1. The molecule has 1 saturated heterocycles. The fourth-order valence-electron chi connectivity index (χ4n) is 2.10. The number of likely N-dealkylation sites (tertiary alicyclic amines) is 1. The zero-order valence-corrected chi connectivity index (χ0v) is 9.32. The lowest BCUT2D eigenvalue weighted by atomic mass is 10.1. The molecular formula is C12H19N3. The van der Waals surface area contributed by atoms with Gasteiger partial charge in [-0.05, 0) is 32.0 Å². The molecule has 1 N–H and O–H groups in total. The first kappa shape index (κ1) is 10.6. The van der Waals surface area contributed by atoms with Crippen LogP contribution in [0.2, 0.25) is 0 Å². The first-order valence-electron chi connectivity index (χ1n) is 5.68. The van der Waals surface area contributed by atoms with E-state index in [4.69, 9.17) is 0 Å². The van der Waals surface area contributed by atoms with Crippen molar-refractivity contribution in [1.29, 1.82) is 0 Å². The fourth-order valence-corrected chi connectivity index (χ4v) is 2.10. The molecule has 0 spiro atoms. The second kappa shape index (κ2) is 5.24. The van der Waals surface area contributed by atoms with Crippen molar-refractivity contribution in [3.05, 3.63) is 30.1 Å². The minimum absolute atomic E-state index is 0.713. The summed E-state index contributed by atoms with van der Waals surface area (Å²) in [7, 11) is 2.05. The van der Waals surface area contributed by atoms with Crippen LogP contribution >= 0.6 is 0 Å². The lowest BCUT2D eigenvalue weighted by Crippen LogP contribution is -2.40. The maximum atomic E-state index is 4.35. The van der Waals surface area contributed by atoms with Crippen LogP contribution in [0.4, 0.5) is 0 Å². The Morgan fingerprint density at radius 1 is 1.40 bits per heavy atom. The first-order chi connectivity index (χ1) is 7.38. The quantitative estimate of drug-likeness (QED) is 0.805. The zero-order valence-electron chi connectivity index (χ0n) is 9.32. The molecule has 0 aliphatic carbocycles. The molecule has 0 bridgehead atoms. The number of rotatable bonds is 3. The highest BCUT2D eigenvalue weighted by Gasteiger charge is 2.17. The number of hydrogen-bond donors (Lipinski definition) is 1. The third-order valence-corrected chi connectivity index (χ3v) is 3.11. The van der Waals surface area contributed by atoms with Gasteiger partial charge in [-0.25, -0.2) is 0 Å². The predicted octanol–water partition coefficient (Wildman–Crippen LogP) is 1.27. The van der Waals surface area contributed by atoms with Crippen molar-refractivity contribution >= 4 is 0 Å². The molecule has 1 aliphatic heterocycles. The van der Waals surface area contributed by atoms with Crippen molar-refractivity contribution in [1.82, 2.24) is 15.2 Å². The molecule has 0 atom stereocenters. The van der Waals surface area contributed by atoms with Crippen LogP contribution in [0.5, 0.6) is 0 Å². The van der Waals surface area contributed by atoms with E-state index in [9.17, 15) is 0 Å². The summed E-state index contributed by atoms with van der Waals surface area (Å²) < 4.78 is 0. The van der Waals surface area contributed by atoms with Gasteiger partial charge in [-0.1, -0.05) is 6.07 Å². The smallest absolute Gasteiger partial charge is 0.0543 e. The molecule has 2 rings (SSSR count). The molecule has 1 fully saturated rings. The summed E-state index contributed by atoms with van der Waals surface area (Å²) in [5, 5.41) is 3.35. The predicted molar refractivity (Wildman–Crippen MR) is 61.6 cm³/mol. The minimum atomic E-state index is 0.713. The SMILES string of the molecule is CNC1CCN(Cc2ccccn2)CC1. The van der Waals surface area contributed by atoms with Gasteiger partial charge in [0.1, 0.15) is 0 Å². The van der Waals surface area contributed by atoms with Crippen molar-refractivity contribution in [2.24, 2.45) is 0 Å². The van der Waals surface area contributed by atoms with Crippen LogP contribution in [0.15, 0.2) is 24.4 Å². The molecular weight excluding hydrogens is 186 g/mol.